The minimum Gasteiger partial charge on any atom is -0.341 e. The van der Waals surface area contributed by atoms with Gasteiger partial charge in [0.2, 0.25) is 5.95 Å². The van der Waals surface area contributed by atoms with E-state index < -0.39 is 0 Å². The summed E-state index contributed by atoms with van der Waals surface area (Å²) in [5, 5.41) is 5.14. The lowest BCUT2D eigenvalue weighted by Crippen LogP contribution is -2.31. The molecule has 5 heteroatoms. The summed E-state index contributed by atoms with van der Waals surface area (Å²) in [5.41, 5.74) is 9.32. The molecule has 0 radical (unpaired) electrons. The van der Waals surface area contributed by atoms with E-state index in [9.17, 15) is 0 Å². The Balaban J connectivity index is 1.33. The molecule has 4 aromatic carbocycles. The van der Waals surface area contributed by atoms with Crippen molar-refractivity contribution in [3.63, 3.8) is 0 Å². The van der Waals surface area contributed by atoms with E-state index in [4.69, 9.17) is 9.97 Å². The van der Waals surface area contributed by atoms with Crippen molar-refractivity contribution in [2.75, 3.05) is 18.0 Å². The van der Waals surface area contributed by atoms with E-state index in [1.54, 1.807) is 0 Å². The van der Waals surface area contributed by atoms with Gasteiger partial charge in [-0.15, -0.1) is 0 Å². The van der Waals surface area contributed by atoms with E-state index in [1.807, 2.05) is 0 Å². The van der Waals surface area contributed by atoms with E-state index >= 15 is 0 Å². The largest absolute Gasteiger partial charge is 0.341 e. The highest BCUT2D eigenvalue weighted by atomic mass is 15.3. The Labute approximate surface area is 246 Å². The van der Waals surface area contributed by atoms with Crippen LogP contribution in [0.15, 0.2) is 91.0 Å². The van der Waals surface area contributed by atoms with Crippen LogP contribution >= 0.6 is 0 Å². The van der Waals surface area contributed by atoms with Gasteiger partial charge in [-0.25, -0.2) is 9.97 Å². The monoisotopic (exact) mass is 549 g/mol. The molecule has 1 aliphatic heterocycles. The lowest BCUT2D eigenvalue weighted by molar-refractivity contribution is 0.568. The van der Waals surface area contributed by atoms with Gasteiger partial charge >= 0.3 is 0 Å². The van der Waals surface area contributed by atoms with Crippen LogP contribution < -0.4 is 4.90 Å². The van der Waals surface area contributed by atoms with Crippen LogP contribution in [0.2, 0.25) is 0 Å². The number of aryl methyl sites for hydroxylation is 2. The first-order chi connectivity index (χ1) is 20.7. The van der Waals surface area contributed by atoms with Crippen molar-refractivity contribution in [2.24, 2.45) is 0 Å². The van der Waals surface area contributed by atoms with Gasteiger partial charge < -0.3 is 14.0 Å². The molecule has 5 nitrogen and oxygen atoms in total. The number of fused-ring (bicyclic) bond motifs is 6. The molecule has 3 aromatic heterocycles. The van der Waals surface area contributed by atoms with Gasteiger partial charge in [-0.3, -0.25) is 0 Å². The first-order valence-electron chi connectivity index (χ1n) is 15.4. The summed E-state index contributed by atoms with van der Waals surface area (Å²) < 4.78 is 4.81. The zero-order chi connectivity index (χ0) is 28.2. The molecule has 8 rings (SSSR count). The van der Waals surface area contributed by atoms with Crippen molar-refractivity contribution in [1.29, 1.82) is 0 Å². The number of para-hydroxylation sites is 2. The zero-order valence-electron chi connectivity index (χ0n) is 24.3. The molecule has 42 heavy (non-hydrogen) atoms. The molecule has 1 aliphatic rings. The Morgan fingerprint density at radius 1 is 0.524 bits per heavy atom. The molecule has 0 N–H and O–H groups in total. The van der Waals surface area contributed by atoms with Gasteiger partial charge in [0.1, 0.15) is 0 Å². The van der Waals surface area contributed by atoms with Crippen molar-refractivity contribution >= 4 is 49.6 Å². The number of piperidine rings is 1. The Morgan fingerprint density at radius 2 is 1.00 bits per heavy atom. The van der Waals surface area contributed by atoms with Crippen LogP contribution in [0.25, 0.3) is 66.1 Å². The van der Waals surface area contributed by atoms with Gasteiger partial charge in [0.15, 0.2) is 0 Å². The number of hydrogen-bond donors (Lipinski definition) is 0. The van der Waals surface area contributed by atoms with E-state index in [0.29, 0.717) is 0 Å². The maximum Gasteiger partial charge on any atom is 0.226 e. The summed E-state index contributed by atoms with van der Waals surface area (Å²) in [5.74, 6) is 0.842. The van der Waals surface area contributed by atoms with E-state index in [2.05, 4.69) is 119 Å². The van der Waals surface area contributed by atoms with Crippen molar-refractivity contribution in [1.82, 2.24) is 19.1 Å². The summed E-state index contributed by atoms with van der Waals surface area (Å²) in [6, 6.07) is 33.3. The van der Waals surface area contributed by atoms with Crippen LogP contribution in [0.4, 0.5) is 5.95 Å². The molecule has 0 spiro atoms. The number of anilines is 1. The third kappa shape index (κ3) is 3.91. The molecule has 1 saturated heterocycles. The summed E-state index contributed by atoms with van der Waals surface area (Å²) in [6.07, 6.45) is 3.65. The van der Waals surface area contributed by atoms with E-state index in [1.165, 1.54) is 62.9 Å². The average molecular weight is 550 g/mol. The number of aromatic nitrogens is 4. The Morgan fingerprint density at radius 3 is 1.50 bits per heavy atom. The molecular weight excluding hydrogens is 514 g/mol. The van der Waals surface area contributed by atoms with Gasteiger partial charge in [-0.05, 0) is 75.6 Å². The maximum absolute atomic E-state index is 5.20. The van der Waals surface area contributed by atoms with Crippen molar-refractivity contribution in [3.8, 4) is 22.5 Å². The van der Waals surface area contributed by atoms with Crippen molar-refractivity contribution < 1.29 is 0 Å². The second kappa shape index (κ2) is 10.0. The average Bonchev–Trinajstić information content (AvgIpc) is 3.56. The van der Waals surface area contributed by atoms with Crippen LogP contribution in [-0.4, -0.2) is 32.2 Å². The molecule has 7 aromatic rings. The SMILES string of the molecule is CCn1c2ccccc2c2cc(-c3cc(-c4ccc5c(c4)c4ccccc4n5CC)nc(N4CCCCC4)n3)ccc21. The predicted octanol–water partition coefficient (Wildman–Crippen LogP) is 9.06. The highest BCUT2D eigenvalue weighted by Crippen LogP contribution is 2.36. The Bertz CT molecular complexity index is 1970. The fraction of sp³-hybridized carbons (Fsp3) is 0.243. The first-order valence-corrected chi connectivity index (χ1v) is 15.4. The molecule has 4 heterocycles. The zero-order valence-corrected chi connectivity index (χ0v) is 24.3. The molecule has 0 bridgehead atoms. The van der Waals surface area contributed by atoms with Crippen molar-refractivity contribution in [2.45, 2.75) is 46.2 Å². The topological polar surface area (TPSA) is 38.9 Å². The molecule has 0 amide bonds. The second-order valence-corrected chi connectivity index (χ2v) is 11.5. The van der Waals surface area contributed by atoms with Crippen LogP contribution in [0, 0.1) is 0 Å². The standard InChI is InChI=1S/C37H35N5/c1-3-41-33-14-8-6-12-27(33)29-22-25(16-18-35(29)41)31-24-32(39-37(38-31)40-20-10-5-11-21-40)26-17-19-36-30(23-26)28-13-7-9-15-34(28)42(36)4-2/h6-9,12-19,22-24H,3-5,10-11,20-21H2,1-2H3. The molecule has 1 fully saturated rings. The van der Waals surface area contributed by atoms with Gasteiger partial charge in [0.25, 0.3) is 0 Å². The number of hydrogen-bond acceptors (Lipinski definition) is 3. The summed E-state index contributed by atoms with van der Waals surface area (Å²) >= 11 is 0. The fourth-order valence-electron chi connectivity index (χ4n) is 7.07. The highest BCUT2D eigenvalue weighted by molar-refractivity contribution is 6.10. The van der Waals surface area contributed by atoms with E-state index in [0.717, 1.165) is 54.6 Å². The smallest absolute Gasteiger partial charge is 0.226 e. The molecule has 0 saturated carbocycles. The second-order valence-electron chi connectivity index (χ2n) is 11.5. The summed E-state index contributed by atoms with van der Waals surface area (Å²) in [6.45, 7) is 8.34. The third-order valence-electron chi connectivity index (χ3n) is 9.12. The maximum atomic E-state index is 5.20. The third-order valence-corrected chi connectivity index (χ3v) is 9.12. The van der Waals surface area contributed by atoms with Crippen LogP contribution in [0.5, 0.6) is 0 Å². The van der Waals surface area contributed by atoms with Crippen LogP contribution in [-0.2, 0) is 13.1 Å². The summed E-state index contributed by atoms with van der Waals surface area (Å²) in [4.78, 5) is 12.8. The van der Waals surface area contributed by atoms with Gasteiger partial charge in [-0.1, -0.05) is 48.5 Å². The Hall–Kier alpha value is -4.64. The van der Waals surface area contributed by atoms with Gasteiger partial charge in [-0.2, -0.15) is 0 Å². The number of rotatable bonds is 5. The normalized spacial score (nSPS) is 14.1. The molecule has 0 aliphatic carbocycles. The van der Waals surface area contributed by atoms with Crippen LogP contribution in [0.3, 0.4) is 0 Å². The lowest BCUT2D eigenvalue weighted by Gasteiger charge is -2.27. The quantitative estimate of drug-likeness (QED) is 0.215. The summed E-state index contributed by atoms with van der Waals surface area (Å²) in [7, 11) is 0. The Kier molecular flexibility index (Phi) is 5.99. The first kappa shape index (κ1) is 25.1. The predicted molar refractivity (Wildman–Crippen MR) is 176 cm³/mol. The number of benzene rings is 4. The molecular formula is C37H35N5. The molecule has 208 valence electrons. The molecule has 0 unspecified atom stereocenters. The van der Waals surface area contributed by atoms with Crippen LogP contribution in [0.1, 0.15) is 33.1 Å². The minimum atomic E-state index is 0.842. The minimum absolute atomic E-state index is 0.842. The number of nitrogens with zero attached hydrogens (tertiary/aromatic N) is 5. The van der Waals surface area contributed by atoms with Gasteiger partial charge in [0.05, 0.1) is 11.4 Å². The lowest BCUT2D eigenvalue weighted by atomic mass is 10.0. The van der Waals surface area contributed by atoms with Gasteiger partial charge in [0, 0.05) is 80.9 Å². The highest BCUT2D eigenvalue weighted by Gasteiger charge is 2.19. The molecule has 0 atom stereocenters. The van der Waals surface area contributed by atoms with Crippen molar-refractivity contribution in [3.05, 3.63) is 91.0 Å². The fourth-order valence-corrected chi connectivity index (χ4v) is 7.07. The van der Waals surface area contributed by atoms with E-state index in [-0.39, 0.29) is 0 Å².